The Bertz CT molecular complexity index is 1800. The lowest BCUT2D eigenvalue weighted by atomic mass is 10.4. The lowest BCUT2D eigenvalue weighted by molar-refractivity contribution is 0.413. The third kappa shape index (κ3) is 6.66. The molecule has 0 aromatic carbocycles. The van der Waals surface area contributed by atoms with Gasteiger partial charge in [-0.15, -0.1) is 0 Å². The molecule has 5 aromatic rings. The number of pyridine rings is 2. The maximum Gasteiger partial charge on any atom is 0.296 e. The number of aryl methyl sites for hydroxylation is 3. The molecule has 14 nitrogen and oxygen atoms in total. The summed E-state index contributed by atoms with van der Waals surface area (Å²) in [5, 5.41) is 2.57. The average Bonchev–Trinajstić information content (AvgIpc) is 3.47. The summed E-state index contributed by atoms with van der Waals surface area (Å²) in [4.78, 5) is 42.4. The minimum atomic E-state index is -0.272. The highest BCUT2D eigenvalue weighted by molar-refractivity contribution is 5.44. The van der Waals surface area contributed by atoms with Crippen molar-refractivity contribution in [2.24, 2.45) is 21.1 Å². The molecule has 0 bridgehead atoms. The number of aromatic nitrogens is 8. The highest BCUT2D eigenvalue weighted by Crippen LogP contribution is 2.15. The number of hydrogen-bond acceptors (Lipinski definition) is 8. The molecule has 0 aliphatic rings. The number of aromatic amines is 1. The molecule has 14 heteroatoms. The first-order valence-corrected chi connectivity index (χ1v) is 12.4. The maximum atomic E-state index is 11.9. The molecule has 0 unspecified atom stereocenters. The van der Waals surface area contributed by atoms with Gasteiger partial charge in [-0.25, -0.2) is 9.97 Å². The van der Waals surface area contributed by atoms with Crippen molar-refractivity contribution < 1.29 is 9.47 Å². The lowest BCUT2D eigenvalue weighted by Crippen LogP contribution is -2.21. The highest BCUT2D eigenvalue weighted by atomic mass is 16.5. The molecule has 5 heterocycles. The van der Waals surface area contributed by atoms with Crippen LogP contribution < -0.4 is 31.9 Å². The van der Waals surface area contributed by atoms with Crippen LogP contribution in [0.2, 0.25) is 0 Å². The molecule has 0 amide bonds. The van der Waals surface area contributed by atoms with Gasteiger partial charge in [-0.3, -0.25) is 33.5 Å². The van der Waals surface area contributed by atoms with Crippen LogP contribution in [0.4, 0.5) is 5.69 Å². The van der Waals surface area contributed by atoms with E-state index in [1.807, 2.05) is 20.9 Å². The van der Waals surface area contributed by atoms with Gasteiger partial charge in [0.25, 0.3) is 16.7 Å². The van der Waals surface area contributed by atoms with E-state index in [4.69, 9.17) is 15.2 Å². The van der Waals surface area contributed by atoms with E-state index < -0.39 is 0 Å². The van der Waals surface area contributed by atoms with Crippen molar-refractivity contribution in [3.05, 3.63) is 96.9 Å². The topological polar surface area (TPSA) is 162 Å². The van der Waals surface area contributed by atoms with Crippen molar-refractivity contribution >= 4 is 5.69 Å². The van der Waals surface area contributed by atoms with Gasteiger partial charge in [0.05, 0.1) is 19.9 Å². The summed E-state index contributed by atoms with van der Waals surface area (Å²) in [5.41, 5.74) is 8.07. The second kappa shape index (κ2) is 12.7. The van der Waals surface area contributed by atoms with Gasteiger partial charge in [0, 0.05) is 69.2 Å². The van der Waals surface area contributed by atoms with E-state index in [1.165, 1.54) is 9.36 Å². The lowest BCUT2D eigenvalue weighted by Gasteiger charge is -2.08. The second-order valence-corrected chi connectivity index (χ2v) is 9.03. The van der Waals surface area contributed by atoms with Crippen LogP contribution in [-0.4, -0.2) is 52.7 Å². The number of methoxy groups -OCH3 is 2. The van der Waals surface area contributed by atoms with Gasteiger partial charge in [-0.05, 0) is 32.9 Å². The predicted octanol–water partition coefficient (Wildman–Crippen LogP) is 1.38. The zero-order valence-corrected chi connectivity index (χ0v) is 24.4. The first-order chi connectivity index (χ1) is 19.4. The van der Waals surface area contributed by atoms with Crippen molar-refractivity contribution in [1.82, 2.24) is 38.5 Å². The Morgan fingerprint density at radius 3 is 1.63 bits per heavy atom. The Hall–Kier alpha value is -5.27. The minimum Gasteiger partial charge on any atom is -0.497 e. The van der Waals surface area contributed by atoms with Crippen molar-refractivity contribution in [3.8, 4) is 23.1 Å². The van der Waals surface area contributed by atoms with E-state index in [9.17, 15) is 14.4 Å². The predicted molar refractivity (Wildman–Crippen MR) is 155 cm³/mol. The van der Waals surface area contributed by atoms with E-state index in [-0.39, 0.29) is 22.4 Å². The molecular weight excluding hydrogens is 530 g/mol. The number of H-pyrrole nitrogens is 1. The molecule has 5 rings (SSSR count). The fourth-order valence-corrected chi connectivity index (χ4v) is 3.75. The Morgan fingerprint density at radius 1 is 0.756 bits per heavy atom. The van der Waals surface area contributed by atoms with E-state index in [0.29, 0.717) is 28.8 Å². The molecule has 218 valence electrons. The molecule has 0 saturated carbocycles. The van der Waals surface area contributed by atoms with Crippen LogP contribution >= 0.6 is 0 Å². The minimum absolute atomic E-state index is 0.0370. The van der Waals surface area contributed by atoms with E-state index >= 15 is 0 Å². The van der Waals surface area contributed by atoms with E-state index in [2.05, 4.69) is 15.1 Å². The van der Waals surface area contributed by atoms with Gasteiger partial charge >= 0.3 is 0 Å². The van der Waals surface area contributed by atoms with Crippen LogP contribution in [0.5, 0.6) is 11.5 Å². The number of anilines is 1. The molecule has 0 saturated heterocycles. The summed E-state index contributed by atoms with van der Waals surface area (Å²) in [6.07, 6.45) is 3.20. The number of hydrogen-bond donors (Lipinski definition) is 2. The molecule has 0 spiro atoms. The van der Waals surface area contributed by atoms with Gasteiger partial charge in [0.2, 0.25) is 0 Å². The normalized spacial score (nSPS) is 10.3. The first kappa shape index (κ1) is 30.3. The number of nitrogens with zero attached hydrogens (tertiary/aromatic N) is 7. The van der Waals surface area contributed by atoms with Crippen molar-refractivity contribution in [2.75, 3.05) is 20.0 Å². The van der Waals surface area contributed by atoms with Gasteiger partial charge < -0.3 is 15.2 Å². The molecule has 5 aromatic heterocycles. The number of nitrogen functional groups attached to an aromatic ring is 1. The largest absolute Gasteiger partial charge is 0.497 e. The highest BCUT2D eigenvalue weighted by Gasteiger charge is 2.14. The van der Waals surface area contributed by atoms with Gasteiger partial charge in [-0.1, -0.05) is 0 Å². The Kier molecular flexibility index (Phi) is 9.39. The molecule has 0 aliphatic heterocycles. The fraction of sp³-hybridized carbons (Fsp3) is 0.296. The molecular formula is C27H35N9O5. The summed E-state index contributed by atoms with van der Waals surface area (Å²) < 4.78 is 18.2. The number of nitrogens with two attached hydrogens (primary N) is 1. The standard InChI is InChI=1S/C11H14N4O2.C11H13N3O2.C5H8N2O/c1-7-10(12)11(16)15(14(7)2)9-6-8(17-3)4-5-13-9;1-8-6-11(15)14(13(8)2)10-7-9(16-3)4-5-12-10;1-4-3-5(8)6-7(4)2/h4-6H,12H2,1-3H3;4-7H,1-3H3;3H,1-2H3,(H,6,8). The van der Waals surface area contributed by atoms with Crippen LogP contribution in [-0.2, 0) is 21.1 Å². The SMILES string of the molecule is COc1ccnc(-n2c(=O)c(N)c(C)n2C)c1.COc1ccnc(-n2c(=O)cc(C)n2C)c1.Cc1cc(=O)[nH]n1C. The van der Waals surface area contributed by atoms with Crippen molar-refractivity contribution in [3.63, 3.8) is 0 Å². The average molecular weight is 566 g/mol. The van der Waals surface area contributed by atoms with Gasteiger partial charge in [-0.2, -0.15) is 9.36 Å². The summed E-state index contributed by atoms with van der Waals surface area (Å²) in [6.45, 7) is 5.53. The molecule has 3 N–H and O–H groups in total. The fourth-order valence-electron chi connectivity index (χ4n) is 3.75. The smallest absolute Gasteiger partial charge is 0.296 e. The molecule has 0 aliphatic carbocycles. The van der Waals surface area contributed by atoms with Crippen LogP contribution in [0.1, 0.15) is 17.1 Å². The monoisotopic (exact) mass is 565 g/mol. The van der Waals surface area contributed by atoms with E-state index in [1.54, 1.807) is 98.1 Å². The summed E-state index contributed by atoms with van der Waals surface area (Å²) in [7, 11) is 8.52. The Balaban J connectivity index is 0.000000180. The van der Waals surface area contributed by atoms with Crippen LogP contribution in [0.15, 0.2) is 63.2 Å². The first-order valence-electron chi connectivity index (χ1n) is 12.4. The Labute approximate surface area is 235 Å². The summed E-state index contributed by atoms with van der Waals surface area (Å²) in [6, 6.07) is 9.99. The molecule has 0 fully saturated rings. The third-order valence-corrected chi connectivity index (χ3v) is 6.44. The van der Waals surface area contributed by atoms with Crippen LogP contribution in [0, 0.1) is 20.8 Å². The third-order valence-electron chi connectivity index (χ3n) is 6.44. The maximum absolute atomic E-state index is 11.9. The number of rotatable bonds is 4. The summed E-state index contributed by atoms with van der Waals surface area (Å²) >= 11 is 0. The van der Waals surface area contributed by atoms with Crippen molar-refractivity contribution in [2.45, 2.75) is 20.8 Å². The molecule has 0 radical (unpaired) electrons. The summed E-state index contributed by atoms with van der Waals surface area (Å²) in [5.74, 6) is 2.35. The van der Waals surface area contributed by atoms with Gasteiger partial charge in [0.15, 0.2) is 11.6 Å². The van der Waals surface area contributed by atoms with E-state index in [0.717, 1.165) is 11.4 Å². The van der Waals surface area contributed by atoms with Crippen LogP contribution in [0.3, 0.4) is 0 Å². The van der Waals surface area contributed by atoms with Crippen molar-refractivity contribution in [1.29, 1.82) is 0 Å². The second-order valence-electron chi connectivity index (χ2n) is 9.03. The van der Waals surface area contributed by atoms with Gasteiger partial charge in [0.1, 0.15) is 17.2 Å². The number of nitrogens with one attached hydrogen (secondary N) is 1. The number of ether oxygens (including phenoxy) is 2. The quantitative estimate of drug-likeness (QED) is 0.330. The molecule has 41 heavy (non-hydrogen) atoms. The Morgan fingerprint density at radius 2 is 1.29 bits per heavy atom. The zero-order chi connectivity index (χ0) is 30.4. The molecule has 0 atom stereocenters. The zero-order valence-electron chi connectivity index (χ0n) is 24.4. The van der Waals surface area contributed by atoms with Crippen LogP contribution in [0.25, 0.3) is 11.6 Å².